The van der Waals surface area contributed by atoms with Gasteiger partial charge >= 0.3 is 0 Å². The van der Waals surface area contributed by atoms with Crippen molar-refractivity contribution >= 4 is 28.9 Å². The van der Waals surface area contributed by atoms with Crippen LogP contribution in [0.3, 0.4) is 0 Å². The summed E-state index contributed by atoms with van der Waals surface area (Å²) >= 11 is 6.03. The molecule has 0 saturated carbocycles. The van der Waals surface area contributed by atoms with E-state index in [0.717, 1.165) is 5.56 Å². The summed E-state index contributed by atoms with van der Waals surface area (Å²) in [4.78, 5) is 23.0. The normalized spacial score (nSPS) is 10.2. The first-order chi connectivity index (χ1) is 11.4. The second kappa shape index (κ2) is 7.18. The Bertz CT molecular complexity index is 807. The van der Waals surface area contributed by atoms with Gasteiger partial charge in [-0.2, -0.15) is 0 Å². The Morgan fingerprint density at radius 2 is 1.92 bits per heavy atom. The van der Waals surface area contributed by atoms with Gasteiger partial charge in [-0.05, 0) is 30.7 Å². The molecular weight excluding hydrogens is 336 g/mol. The number of nitro benzene ring substituents is 1. The number of anilines is 1. The molecule has 24 heavy (non-hydrogen) atoms. The second-order valence-corrected chi connectivity index (χ2v) is 5.30. The summed E-state index contributed by atoms with van der Waals surface area (Å²) in [6, 6.07) is 7.14. The summed E-state index contributed by atoms with van der Waals surface area (Å²) in [7, 11) is 2.85. The molecule has 0 radical (unpaired) electrons. The zero-order valence-corrected chi connectivity index (χ0v) is 14.0. The lowest BCUT2D eigenvalue weighted by molar-refractivity contribution is -0.385. The maximum absolute atomic E-state index is 12.5. The Morgan fingerprint density at radius 1 is 1.21 bits per heavy atom. The highest BCUT2D eigenvalue weighted by Gasteiger charge is 2.22. The fraction of sp³-hybridized carbons (Fsp3) is 0.188. The Morgan fingerprint density at radius 3 is 2.50 bits per heavy atom. The van der Waals surface area contributed by atoms with Crippen molar-refractivity contribution in [3.63, 3.8) is 0 Å². The highest BCUT2D eigenvalue weighted by molar-refractivity contribution is 6.31. The molecule has 7 nitrogen and oxygen atoms in total. The van der Waals surface area contributed by atoms with Gasteiger partial charge in [0, 0.05) is 17.2 Å². The molecule has 2 aromatic carbocycles. The number of methoxy groups -OCH3 is 2. The smallest absolute Gasteiger partial charge is 0.282 e. The lowest BCUT2D eigenvalue weighted by atomic mass is 10.1. The molecule has 0 bridgehead atoms. The summed E-state index contributed by atoms with van der Waals surface area (Å²) in [6.45, 7) is 1.77. The van der Waals surface area contributed by atoms with Crippen LogP contribution in [0.5, 0.6) is 11.5 Å². The minimum atomic E-state index is -0.652. The van der Waals surface area contributed by atoms with Crippen LogP contribution in [0.15, 0.2) is 30.3 Å². The maximum Gasteiger partial charge on any atom is 0.282 e. The van der Waals surface area contributed by atoms with Crippen molar-refractivity contribution in [2.45, 2.75) is 6.92 Å². The van der Waals surface area contributed by atoms with E-state index < -0.39 is 10.8 Å². The molecule has 1 amide bonds. The molecule has 0 aliphatic rings. The van der Waals surface area contributed by atoms with E-state index in [1.165, 1.54) is 32.4 Å². The third-order valence-electron chi connectivity index (χ3n) is 3.37. The number of amides is 1. The average Bonchev–Trinajstić information content (AvgIpc) is 2.57. The predicted octanol–water partition coefficient (Wildman–Crippen LogP) is 3.83. The van der Waals surface area contributed by atoms with Gasteiger partial charge in [-0.15, -0.1) is 0 Å². The van der Waals surface area contributed by atoms with Crippen molar-refractivity contribution in [1.29, 1.82) is 0 Å². The molecule has 0 heterocycles. The third-order valence-corrected chi connectivity index (χ3v) is 3.78. The number of hydrogen-bond acceptors (Lipinski definition) is 5. The van der Waals surface area contributed by atoms with Crippen LogP contribution in [0.2, 0.25) is 5.02 Å². The fourth-order valence-corrected chi connectivity index (χ4v) is 2.26. The van der Waals surface area contributed by atoms with Gasteiger partial charge in [-0.1, -0.05) is 11.6 Å². The minimum Gasteiger partial charge on any atom is -0.497 e. The van der Waals surface area contributed by atoms with Crippen LogP contribution in [-0.2, 0) is 0 Å². The molecule has 2 aromatic rings. The molecule has 0 saturated heterocycles. The Balaban J connectivity index is 2.43. The number of carbonyl (C=O) groups is 1. The molecule has 0 spiro atoms. The van der Waals surface area contributed by atoms with E-state index in [0.29, 0.717) is 22.2 Å². The SMILES string of the molecule is COc1ccc([N+](=O)[O-])c(C(=O)Nc2cc(C)c(Cl)cc2OC)c1. The molecule has 2 rings (SSSR count). The van der Waals surface area contributed by atoms with Crippen molar-refractivity contribution in [3.05, 3.63) is 56.6 Å². The van der Waals surface area contributed by atoms with Gasteiger partial charge in [0.25, 0.3) is 11.6 Å². The first kappa shape index (κ1) is 17.6. The molecule has 126 valence electrons. The van der Waals surface area contributed by atoms with Crippen molar-refractivity contribution in [1.82, 2.24) is 0 Å². The fourth-order valence-electron chi connectivity index (χ4n) is 2.10. The van der Waals surface area contributed by atoms with Crippen molar-refractivity contribution in [3.8, 4) is 11.5 Å². The molecule has 8 heteroatoms. The number of benzene rings is 2. The highest BCUT2D eigenvalue weighted by atomic mass is 35.5. The lowest BCUT2D eigenvalue weighted by Crippen LogP contribution is -2.15. The molecule has 0 unspecified atom stereocenters. The minimum absolute atomic E-state index is 0.117. The quantitative estimate of drug-likeness (QED) is 0.653. The number of ether oxygens (including phenoxy) is 2. The number of carbonyl (C=O) groups excluding carboxylic acids is 1. The van der Waals surface area contributed by atoms with Gasteiger partial charge in [0.1, 0.15) is 17.1 Å². The van der Waals surface area contributed by atoms with Gasteiger partial charge in [0.05, 0.1) is 24.8 Å². The van der Waals surface area contributed by atoms with Gasteiger partial charge < -0.3 is 14.8 Å². The number of nitrogens with one attached hydrogen (secondary N) is 1. The average molecular weight is 351 g/mol. The van der Waals surface area contributed by atoms with Crippen LogP contribution in [0.1, 0.15) is 15.9 Å². The largest absolute Gasteiger partial charge is 0.497 e. The summed E-state index contributed by atoms with van der Waals surface area (Å²) in [5, 5.41) is 14.2. The van der Waals surface area contributed by atoms with Gasteiger partial charge in [-0.25, -0.2) is 0 Å². The molecule has 0 aliphatic heterocycles. The van der Waals surface area contributed by atoms with E-state index in [4.69, 9.17) is 21.1 Å². The summed E-state index contributed by atoms with van der Waals surface area (Å²) in [5.74, 6) is 0.0372. The van der Waals surface area contributed by atoms with Crippen LogP contribution < -0.4 is 14.8 Å². The van der Waals surface area contributed by atoms with Gasteiger partial charge in [0.15, 0.2) is 0 Å². The van der Waals surface area contributed by atoms with Crippen LogP contribution in [0.25, 0.3) is 0 Å². The van der Waals surface area contributed by atoms with E-state index in [1.807, 2.05) is 0 Å². The van der Waals surface area contributed by atoms with E-state index in [2.05, 4.69) is 5.32 Å². The molecule has 0 aromatic heterocycles. The lowest BCUT2D eigenvalue weighted by Gasteiger charge is -2.12. The number of nitro groups is 1. The summed E-state index contributed by atoms with van der Waals surface area (Å²) in [5.41, 5.74) is 0.654. The topological polar surface area (TPSA) is 90.7 Å². The first-order valence-electron chi connectivity index (χ1n) is 6.85. The summed E-state index contributed by atoms with van der Waals surface area (Å²) < 4.78 is 10.2. The van der Waals surface area contributed by atoms with E-state index in [1.54, 1.807) is 19.1 Å². The zero-order valence-electron chi connectivity index (χ0n) is 13.3. The number of nitrogens with zero attached hydrogens (tertiary/aromatic N) is 1. The Hall–Kier alpha value is -2.80. The van der Waals surface area contributed by atoms with E-state index in [-0.39, 0.29) is 11.3 Å². The number of hydrogen-bond donors (Lipinski definition) is 1. The predicted molar refractivity (Wildman–Crippen MR) is 90.3 cm³/mol. The Kier molecular flexibility index (Phi) is 5.25. The Labute approximate surface area is 143 Å². The monoisotopic (exact) mass is 350 g/mol. The van der Waals surface area contributed by atoms with Crippen molar-refractivity contribution in [2.75, 3.05) is 19.5 Å². The number of halogens is 1. The van der Waals surface area contributed by atoms with Gasteiger partial charge in [-0.3, -0.25) is 14.9 Å². The van der Waals surface area contributed by atoms with E-state index in [9.17, 15) is 14.9 Å². The molecule has 0 atom stereocenters. The van der Waals surface area contributed by atoms with Crippen molar-refractivity contribution in [2.24, 2.45) is 0 Å². The molecule has 0 fully saturated rings. The van der Waals surface area contributed by atoms with Crippen LogP contribution in [-0.4, -0.2) is 25.1 Å². The second-order valence-electron chi connectivity index (χ2n) is 4.90. The molecule has 0 aliphatic carbocycles. The van der Waals surface area contributed by atoms with Crippen LogP contribution in [0, 0.1) is 17.0 Å². The van der Waals surface area contributed by atoms with Gasteiger partial charge in [0.2, 0.25) is 0 Å². The zero-order chi connectivity index (χ0) is 17.9. The third kappa shape index (κ3) is 3.57. The number of rotatable bonds is 5. The molecular formula is C16H15ClN2O5. The summed E-state index contributed by atoms with van der Waals surface area (Å²) in [6.07, 6.45) is 0. The first-order valence-corrected chi connectivity index (χ1v) is 7.23. The highest BCUT2D eigenvalue weighted by Crippen LogP contribution is 2.32. The van der Waals surface area contributed by atoms with E-state index >= 15 is 0 Å². The van der Waals surface area contributed by atoms with Crippen LogP contribution in [0.4, 0.5) is 11.4 Å². The molecule has 1 N–H and O–H groups in total. The van der Waals surface area contributed by atoms with Crippen LogP contribution >= 0.6 is 11.6 Å². The van der Waals surface area contributed by atoms with Crippen molar-refractivity contribution < 1.29 is 19.2 Å². The standard InChI is InChI=1S/C16H15ClN2O5/c1-9-6-13(15(24-3)8-12(9)17)18-16(20)11-7-10(23-2)4-5-14(11)19(21)22/h4-8H,1-3H3,(H,18,20). The number of aryl methyl sites for hydroxylation is 1. The maximum atomic E-state index is 12.5.